The summed E-state index contributed by atoms with van der Waals surface area (Å²) in [5.41, 5.74) is 1.74. The molecular formula is C9H12N2O. The van der Waals surface area contributed by atoms with E-state index in [0.29, 0.717) is 6.42 Å². The predicted octanol–water partition coefficient (Wildman–Crippen LogP) is 1.56. The summed E-state index contributed by atoms with van der Waals surface area (Å²) < 4.78 is 1.84. The number of Topliss-reactive ketones (excluding diaryl/α,β-unsaturated/α-hetero) is 1. The van der Waals surface area contributed by atoms with E-state index >= 15 is 0 Å². The minimum atomic E-state index is 0.244. The highest BCUT2D eigenvalue weighted by atomic mass is 16.1. The molecule has 0 aromatic carbocycles. The Kier molecular flexibility index (Phi) is 1.71. The first-order valence-corrected chi connectivity index (χ1v) is 4.35. The van der Waals surface area contributed by atoms with Crippen LogP contribution >= 0.6 is 0 Å². The molecule has 3 nitrogen and oxygen atoms in total. The van der Waals surface area contributed by atoms with Crippen LogP contribution in [0.3, 0.4) is 0 Å². The number of hydrogen-bond donors (Lipinski definition) is 0. The molecule has 0 unspecified atom stereocenters. The first-order chi connectivity index (χ1) is 5.77. The van der Waals surface area contributed by atoms with Crippen LogP contribution < -0.4 is 0 Å². The normalized spacial score (nSPS) is 17.2. The van der Waals surface area contributed by atoms with Crippen molar-refractivity contribution in [3.05, 3.63) is 17.5 Å². The average molecular weight is 164 g/mol. The molecule has 1 aliphatic rings. The van der Waals surface area contributed by atoms with Crippen LogP contribution in [0.2, 0.25) is 0 Å². The molecule has 2 rings (SSSR count). The standard InChI is InChI=1S/C9H12N2O/c1-7-6-8-9(12)4-2-3-5-11(8)10-7/h6H,2-5H2,1H3. The van der Waals surface area contributed by atoms with Gasteiger partial charge in [0.2, 0.25) is 0 Å². The summed E-state index contributed by atoms with van der Waals surface area (Å²) in [6, 6.07) is 1.88. The third kappa shape index (κ3) is 1.15. The lowest BCUT2D eigenvalue weighted by Crippen LogP contribution is -2.06. The third-order valence-corrected chi connectivity index (χ3v) is 2.21. The quantitative estimate of drug-likeness (QED) is 0.583. The smallest absolute Gasteiger partial charge is 0.180 e. The zero-order chi connectivity index (χ0) is 8.55. The first kappa shape index (κ1) is 7.53. The fourth-order valence-electron chi connectivity index (χ4n) is 1.62. The van der Waals surface area contributed by atoms with Crippen molar-refractivity contribution in [3.63, 3.8) is 0 Å². The highest BCUT2D eigenvalue weighted by Gasteiger charge is 2.16. The molecule has 0 bridgehead atoms. The number of fused-ring (bicyclic) bond motifs is 1. The lowest BCUT2D eigenvalue weighted by Gasteiger charge is -1.98. The van der Waals surface area contributed by atoms with E-state index in [9.17, 15) is 4.79 Å². The maximum absolute atomic E-state index is 11.5. The Balaban J connectivity index is 2.44. The maximum atomic E-state index is 11.5. The van der Waals surface area contributed by atoms with E-state index in [0.717, 1.165) is 30.8 Å². The number of carbonyl (C=O) groups is 1. The van der Waals surface area contributed by atoms with Gasteiger partial charge < -0.3 is 0 Å². The largest absolute Gasteiger partial charge is 0.292 e. The predicted molar refractivity (Wildman–Crippen MR) is 45.1 cm³/mol. The monoisotopic (exact) mass is 164 g/mol. The molecule has 12 heavy (non-hydrogen) atoms. The number of ketones is 1. The van der Waals surface area contributed by atoms with E-state index in [1.165, 1.54) is 0 Å². The molecule has 1 aromatic rings. The molecule has 0 atom stereocenters. The number of carbonyl (C=O) groups excluding carboxylic acids is 1. The van der Waals surface area contributed by atoms with Gasteiger partial charge in [-0.25, -0.2) is 0 Å². The molecule has 0 fully saturated rings. The number of nitrogens with zero attached hydrogens (tertiary/aromatic N) is 2. The molecule has 0 saturated carbocycles. The zero-order valence-electron chi connectivity index (χ0n) is 7.21. The molecule has 64 valence electrons. The zero-order valence-corrected chi connectivity index (χ0v) is 7.21. The lowest BCUT2D eigenvalue weighted by atomic mass is 10.1. The van der Waals surface area contributed by atoms with Gasteiger partial charge in [-0.05, 0) is 25.8 Å². The fourth-order valence-corrected chi connectivity index (χ4v) is 1.62. The Morgan fingerprint density at radius 1 is 1.50 bits per heavy atom. The van der Waals surface area contributed by atoms with Crippen molar-refractivity contribution in [3.8, 4) is 0 Å². The van der Waals surface area contributed by atoms with Crippen LogP contribution in [0.5, 0.6) is 0 Å². The summed E-state index contributed by atoms with van der Waals surface area (Å²) in [4.78, 5) is 11.5. The Hall–Kier alpha value is -1.12. The van der Waals surface area contributed by atoms with Crippen molar-refractivity contribution in [1.29, 1.82) is 0 Å². The first-order valence-electron chi connectivity index (χ1n) is 4.35. The van der Waals surface area contributed by atoms with Crippen molar-refractivity contribution < 1.29 is 4.79 Å². The van der Waals surface area contributed by atoms with Gasteiger partial charge in [0.15, 0.2) is 5.78 Å². The summed E-state index contributed by atoms with van der Waals surface area (Å²) in [6.07, 6.45) is 2.76. The van der Waals surface area contributed by atoms with E-state index in [-0.39, 0.29) is 5.78 Å². The van der Waals surface area contributed by atoms with E-state index in [1.54, 1.807) is 0 Å². The maximum Gasteiger partial charge on any atom is 0.180 e. The molecule has 1 aliphatic heterocycles. The van der Waals surface area contributed by atoms with Crippen LogP contribution in [0.1, 0.15) is 35.4 Å². The summed E-state index contributed by atoms with van der Waals surface area (Å²) >= 11 is 0. The second kappa shape index (κ2) is 2.73. The van der Waals surface area contributed by atoms with Gasteiger partial charge in [-0.15, -0.1) is 0 Å². The lowest BCUT2D eigenvalue weighted by molar-refractivity contribution is 0.0976. The van der Waals surface area contributed by atoms with E-state index < -0.39 is 0 Å². The van der Waals surface area contributed by atoms with Gasteiger partial charge in [0, 0.05) is 13.0 Å². The van der Waals surface area contributed by atoms with Crippen molar-refractivity contribution in [2.24, 2.45) is 0 Å². The Morgan fingerprint density at radius 2 is 2.33 bits per heavy atom. The Bertz CT molecular complexity index is 314. The number of aromatic nitrogens is 2. The van der Waals surface area contributed by atoms with Gasteiger partial charge in [-0.2, -0.15) is 5.10 Å². The van der Waals surface area contributed by atoms with Crippen LogP contribution in [0, 0.1) is 6.92 Å². The van der Waals surface area contributed by atoms with Crippen molar-refractivity contribution in [2.45, 2.75) is 32.7 Å². The van der Waals surface area contributed by atoms with Gasteiger partial charge >= 0.3 is 0 Å². The summed E-state index contributed by atoms with van der Waals surface area (Å²) in [6.45, 7) is 2.82. The highest BCUT2D eigenvalue weighted by molar-refractivity contribution is 5.94. The van der Waals surface area contributed by atoms with Crippen molar-refractivity contribution >= 4 is 5.78 Å². The fraction of sp³-hybridized carbons (Fsp3) is 0.556. The van der Waals surface area contributed by atoms with E-state index in [2.05, 4.69) is 5.10 Å². The highest BCUT2D eigenvalue weighted by Crippen LogP contribution is 2.14. The molecule has 0 saturated heterocycles. The van der Waals surface area contributed by atoms with E-state index in [1.807, 2.05) is 17.7 Å². The van der Waals surface area contributed by atoms with Gasteiger partial charge in [-0.3, -0.25) is 9.48 Å². The molecule has 0 amide bonds. The van der Waals surface area contributed by atoms with Gasteiger partial charge in [0.25, 0.3) is 0 Å². The van der Waals surface area contributed by atoms with Gasteiger partial charge in [0.1, 0.15) is 5.69 Å². The van der Waals surface area contributed by atoms with Crippen LogP contribution in [-0.2, 0) is 6.54 Å². The van der Waals surface area contributed by atoms with Crippen molar-refractivity contribution in [1.82, 2.24) is 9.78 Å². The van der Waals surface area contributed by atoms with E-state index in [4.69, 9.17) is 0 Å². The summed E-state index contributed by atoms with van der Waals surface area (Å²) in [7, 11) is 0. The minimum absolute atomic E-state index is 0.244. The molecule has 2 heterocycles. The van der Waals surface area contributed by atoms with Crippen molar-refractivity contribution in [2.75, 3.05) is 0 Å². The molecule has 0 aliphatic carbocycles. The molecule has 0 N–H and O–H groups in total. The number of aryl methyl sites for hydroxylation is 2. The Labute approximate surface area is 71.4 Å². The minimum Gasteiger partial charge on any atom is -0.292 e. The van der Waals surface area contributed by atoms with Crippen LogP contribution in [-0.4, -0.2) is 15.6 Å². The SMILES string of the molecule is Cc1cc2n(n1)CCCCC2=O. The van der Waals surface area contributed by atoms with Crippen LogP contribution in [0.25, 0.3) is 0 Å². The van der Waals surface area contributed by atoms with Crippen LogP contribution in [0.4, 0.5) is 0 Å². The topological polar surface area (TPSA) is 34.9 Å². The number of hydrogen-bond acceptors (Lipinski definition) is 2. The molecule has 0 radical (unpaired) electrons. The summed E-state index contributed by atoms with van der Waals surface area (Å²) in [5.74, 6) is 0.244. The average Bonchev–Trinajstić information content (AvgIpc) is 2.33. The Morgan fingerprint density at radius 3 is 3.17 bits per heavy atom. The molecule has 1 aromatic heterocycles. The van der Waals surface area contributed by atoms with Crippen LogP contribution in [0.15, 0.2) is 6.07 Å². The molecule has 3 heteroatoms. The second-order valence-electron chi connectivity index (χ2n) is 3.27. The van der Waals surface area contributed by atoms with Gasteiger partial charge in [-0.1, -0.05) is 0 Å². The third-order valence-electron chi connectivity index (χ3n) is 2.21. The molecular weight excluding hydrogens is 152 g/mol. The van der Waals surface area contributed by atoms with Gasteiger partial charge in [0.05, 0.1) is 5.69 Å². The second-order valence-corrected chi connectivity index (χ2v) is 3.27. The molecule has 0 spiro atoms. The summed E-state index contributed by atoms with van der Waals surface area (Å²) in [5, 5.41) is 4.26. The number of rotatable bonds is 0.